The third-order valence-corrected chi connectivity index (χ3v) is 5.45. The average molecular weight is 267 g/mol. The standard InChI is InChI=1S/C16H29NO2/c1-2-17-15(13-5-3-4-6-13)14-7-9-19-16(11-14)8-10-18-12-16/h13-15,17H,2-12H2,1H3. The molecule has 2 heterocycles. The van der Waals surface area contributed by atoms with Gasteiger partial charge in [-0.1, -0.05) is 19.8 Å². The number of ether oxygens (including phenoxy) is 2. The first-order valence-electron chi connectivity index (χ1n) is 8.28. The van der Waals surface area contributed by atoms with Crippen LogP contribution in [0.3, 0.4) is 0 Å². The predicted molar refractivity (Wildman–Crippen MR) is 76.3 cm³/mol. The van der Waals surface area contributed by atoms with Crippen molar-refractivity contribution in [1.82, 2.24) is 5.32 Å². The minimum Gasteiger partial charge on any atom is -0.378 e. The molecule has 0 aromatic carbocycles. The van der Waals surface area contributed by atoms with Gasteiger partial charge in [0.05, 0.1) is 12.2 Å². The molecule has 0 bridgehead atoms. The second-order valence-electron chi connectivity index (χ2n) is 6.71. The van der Waals surface area contributed by atoms with E-state index in [0.29, 0.717) is 6.04 Å². The fourth-order valence-corrected chi connectivity index (χ4v) is 4.51. The van der Waals surface area contributed by atoms with Gasteiger partial charge in [0.15, 0.2) is 0 Å². The molecule has 0 radical (unpaired) electrons. The quantitative estimate of drug-likeness (QED) is 0.849. The van der Waals surface area contributed by atoms with Crippen LogP contribution in [0, 0.1) is 11.8 Å². The molecule has 110 valence electrons. The summed E-state index contributed by atoms with van der Waals surface area (Å²) in [5, 5.41) is 3.80. The van der Waals surface area contributed by atoms with Crippen molar-refractivity contribution in [2.45, 2.75) is 63.5 Å². The Bertz CT molecular complexity index is 282. The summed E-state index contributed by atoms with van der Waals surface area (Å²) in [6.07, 6.45) is 9.27. The van der Waals surface area contributed by atoms with E-state index in [1.165, 1.54) is 38.5 Å². The molecule has 2 aliphatic heterocycles. The molecule has 0 aromatic rings. The predicted octanol–water partition coefficient (Wildman–Crippen LogP) is 2.74. The van der Waals surface area contributed by atoms with Gasteiger partial charge in [0.1, 0.15) is 0 Å². The van der Waals surface area contributed by atoms with E-state index < -0.39 is 0 Å². The first-order chi connectivity index (χ1) is 9.33. The van der Waals surface area contributed by atoms with Gasteiger partial charge in [-0.2, -0.15) is 0 Å². The molecule has 3 unspecified atom stereocenters. The van der Waals surface area contributed by atoms with E-state index in [-0.39, 0.29) is 5.60 Å². The molecule has 2 saturated heterocycles. The zero-order valence-electron chi connectivity index (χ0n) is 12.3. The molecule has 1 spiro atoms. The Morgan fingerprint density at radius 3 is 2.68 bits per heavy atom. The molecule has 19 heavy (non-hydrogen) atoms. The van der Waals surface area contributed by atoms with Crippen molar-refractivity contribution in [2.75, 3.05) is 26.4 Å². The maximum Gasteiger partial charge on any atom is 0.0939 e. The molecule has 1 N–H and O–H groups in total. The van der Waals surface area contributed by atoms with Gasteiger partial charge < -0.3 is 14.8 Å². The lowest BCUT2D eigenvalue weighted by Gasteiger charge is -2.42. The van der Waals surface area contributed by atoms with Crippen molar-refractivity contribution in [3.63, 3.8) is 0 Å². The molecule has 3 aliphatic rings. The van der Waals surface area contributed by atoms with Crippen molar-refractivity contribution in [2.24, 2.45) is 11.8 Å². The van der Waals surface area contributed by atoms with Crippen LogP contribution in [-0.4, -0.2) is 38.0 Å². The molecule has 3 rings (SSSR count). The first-order valence-corrected chi connectivity index (χ1v) is 8.28. The lowest BCUT2D eigenvalue weighted by molar-refractivity contribution is -0.105. The Morgan fingerprint density at radius 2 is 2.00 bits per heavy atom. The summed E-state index contributed by atoms with van der Waals surface area (Å²) in [6, 6.07) is 0.717. The molecule has 3 nitrogen and oxygen atoms in total. The van der Waals surface area contributed by atoms with E-state index in [2.05, 4.69) is 12.2 Å². The van der Waals surface area contributed by atoms with Crippen molar-refractivity contribution < 1.29 is 9.47 Å². The van der Waals surface area contributed by atoms with Crippen molar-refractivity contribution in [3.05, 3.63) is 0 Å². The smallest absolute Gasteiger partial charge is 0.0939 e. The molecule has 0 amide bonds. The highest BCUT2D eigenvalue weighted by molar-refractivity contribution is 4.96. The van der Waals surface area contributed by atoms with E-state index in [0.717, 1.165) is 44.6 Å². The zero-order valence-corrected chi connectivity index (χ0v) is 12.3. The number of nitrogens with one attached hydrogen (secondary N) is 1. The monoisotopic (exact) mass is 267 g/mol. The zero-order chi connectivity index (χ0) is 13.1. The Labute approximate surface area is 117 Å². The van der Waals surface area contributed by atoms with Gasteiger partial charge in [-0.15, -0.1) is 0 Å². The SMILES string of the molecule is CCNC(C1CCCC1)C1CCOC2(CCOC2)C1. The van der Waals surface area contributed by atoms with Crippen LogP contribution in [-0.2, 0) is 9.47 Å². The lowest BCUT2D eigenvalue weighted by atomic mass is 9.76. The summed E-state index contributed by atoms with van der Waals surface area (Å²) >= 11 is 0. The van der Waals surface area contributed by atoms with Gasteiger partial charge in [-0.25, -0.2) is 0 Å². The second kappa shape index (κ2) is 6.11. The van der Waals surface area contributed by atoms with Crippen LogP contribution in [0.15, 0.2) is 0 Å². The molecule has 3 atom stereocenters. The average Bonchev–Trinajstić information content (AvgIpc) is 3.08. The highest BCUT2D eigenvalue weighted by Gasteiger charge is 2.44. The molecule has 1 saturated carbocycles. The molecular weight excluding hydrogens is 238 g/mol. The number of hydrogen-bond acceptors (Lipinski definition) is 3. The van der Waals surface area contributed by atoms with Crippen LogP contribution in [0.5, 0.6) is 0 Å². The van der Waals surface area contributed by atoms with Crippen molar-refractivity contribution in [3.8, 4) is 0 Å². The number of hydrogen-bond donors (Lipinski definition) is 1. The largest absolute Gasteiger partial charge is 0.378 e. The van der Waals surface area contributed by atoms with Gasteiger partial charge in [-0.05, 0) is 44.1 Å². The van der Waals surface area contributed by atoms with E-state index in [1.807, 2.05) is 0 Å². The van der Waals surface area contributed by atoms with Crippen LogP contribution in [0.25, 0.3) is 0 Å². The normalized spacial score (nSPS) is 38.1. The fraction of sp³-hybridized carbons (Fsp3) is 1.00. The summed E-state index contributed by atoms with van der Waals surface area (Å²) in [6.45, 7) is 6.00. The molecule has 3 heteroatoms. The molecular formula is C16H29NO2. The van der Waals surface area contributed by atoms with Crippen LogP contribution >= 0.6 is 0 Å². The maximum absolute atomic E-state index is 6.09. The van der Waals surface area contributed by atoms with Gasteiger partial charge in [0.2, 0.25) is 0 Å². The maximum atomic E-state index is 6.09. The molecule has 0 aromatic heterocycles. The Balaban J connectivity index is 1.66. The van der Waals surface area contributed by atoms with Gasteiger partial charge in [-0.3, -0.25) is 0 Å². The Kier molecular flexibility index (Phi) is 4.45. The Morgan fingerprint density at radius 1 is 1.16 bits per heavy atom. The van der Waals surface area contributed by atoms with Crippen LogP contribution in [0.4, 0.5) is 0 Å². The van der Waals surface area contributed by atoms with Crippen LogP contribution < -0.4 is 5.32 Å². The van der Waals surface area contributed by atoms with Crippen LogP contribution in [0.1, 0.15) is 51.9 Å². The third-order valence-electron chi connectivity index (χ3n) is 5.45. The highest BCUT2D eigenvalue weighted by atomic mass is 16.6. The van der Waals surface area contributed by atoms with E-state index in [4.69, 9.17) is 9.47 Å². The van der Waals surface area contributed by atoms with Gasteiger partial charge in [0, 0.05) is 25.7 Å². The third kappa shape index (κ3) is 2.98. The lowest BCUT2D eigenvalue weighted by Crippen LogP contribution is -2.49. The summed E-state index contributed by atoms with van der Waals surface area (Å²) in [5.41, 5.74) is 0.0647. The number of rotatable bonds is 4. The second-order valence-corrected chi connectivity index (χ2v) is 6.71. The fourth-order valence-electron chi connectivity index (χ4n) is 4.51. The van der Waals surface area contributed by atoms with Gasteiger partial charge in [0.25, 0.3) is 0 Å². The van der Waals surface area contributed by atoms with Crippen molar-refractivity contribution >= 4 is 0 Å². The highest BCUT2D eigenvalue weighted by Crippen LogP contribution is 2.41. The summed E-state index contributed by atoms with van der Waals surface area (Å²) in [7, 11) is 0. The first kappa shape index (κ1) is 13.8. The summed E-state index contributed by atoms with van der Waals surface area (Å²) < 4.78 is 11.7. The molecule has 1 aliphatic carbocycles. The van der Waals surface area contributed by atoms with E-state index >= 15 is 0 Å². The van der Waals surface area contributed by atoms with E-state index in [9.17, 15) is 0 Å². The van der Waals surface area contributed by atoms with Crippen LogP contribution in [0.2, 0.25) is 0 Å². The van der Waals surface area contributed by atoms with E-state index in [1.54, 1.807) is 0 Å². The van der Waals surface area contributed by atoms with Gasteiger partial charge >= 0.3 is 0 Å². The summed E-state index contributed by atoms with van der Waals surface area (Å²) in [5.74, 6) is 1.70. The summed E-state index contributed by atoms with van der Waals surface area (Å²) in [4.78, 5) is 0. The topological polar surface area (TPSA) is 30.5 Å². The molecule has 3 fully saturated rings. The minimum atomic E-state index is 0.0647. The van der Waals surface area contributed by atoms with Crippen molar-refractivity contribution in [1.29, 1.82) is 0 Å². The Hall–Kier alpha value is -0.120. The minimum absolute atomic E-state index is 0.0647.